The highest BCUT2D eigenvalue weighted by Gasteiger charge is 2.41. The average molecular weight is 531 g/mol. The molecule has 0 spiro atoms. The van der Waals surface area contributed by atoms with E-state index in [1.165, 1.54) is 41.1 Å². The van der Waals surface area contributed by atoms with Crippen molar-refractivity contribution in [1.82, 2.24) is 24.9 Å². The normalized spacial score (nSPS) is 17.6. The van der Waals surface area contributed by atoms with Crippen LogP contribution in [-0.2, 0) is 17.8 Å². The lowest BCUT2D eigenvalue weighted by molar-refractivity contribution is 0.0175. The Balaban J connectivity index is 1.66. The third kappa shape index (κ3) is 5.58. The molecule has 2 aliphatic heterocycles. The van der Waals surface area contributed by atoms with Gasteiger partial charge in [0.25, 0.3) is 5.92 Å². The van der Waals surface area contributed by atoms with Crippen LogP contribution in [0.4, 0.5) is 18.0 Å². The van der Waals surface area contributed by atoms with Crippen molar-refractivity contribution < 1.29 is 27.5 Å². The number of allylic oxidation sites excluding steroid dienone is 2. The number of halogens is 3. The molecule has 0 saturated carbocycles. The second-order valence-corrected chi connectivity index (χ2v) is 8.86. The first-order valence-corrected chi connectivity index (χ1v) is 12.2. The van der Waals surface area contributed by atoms with Crippen molar-refractivity contribution in [2.45, 2.75) is 32.4 Å². The number of likely N-dealkylation sites (tertiary alicyclic amines) is 1. The number of aromatic nitrogens is 2. The van der Waals surface area contributed by atoms with E-state index in [1.54, 1.807) is 23.7 Å². The Morgan fingerprint density at radius 3 is 2.63 bits per heavy atom. The van der Waals surface area contributed by atoms with Crippen LogP contribution < -0.4 is 5.32 Å². The Labute approximate surface area is 218 Å². The molecule has 1 saturated heterocycles. The number of carbonyl (C=O) groups excluding carboxylic acids is 2. The number of esters is 1. The van der Waals surface area contributed by atoms with Gasteiger partial charge in [-0.1, -0.05) is 30.9 Å². The fourth-order valence-corrected chi connectivity index (χ4v) is 4.53. The molecular weight excluding hydrogens is 501 g/mol. The summed E-state index contributed by atoms with van der Waals surface area (Å²) in [6.45, 7) is 5.85. The van der Waals surface area contributed by atoms with E-state index in [0.717, 1.165) is 0 Å². The third-order valence-electron chi connectivity index (χ3n) is 6.34. The molecule has 0 aliphatic carbocycles. The van der Waals surface area contributed by atoms with Gasteiger partial charge in [-0.05, 0) is 19.1 Å². The second kappa shape index (κ2) is 11.1. The maximum absolute atomic E-state index is 14.8. The van der Waals surface area contributed by atoms with Gasteiger partial charge in [-0.15, -0.1) is 0 Å². The molecule has 12 heteroatoms. The fourth-order valence-electron chi connectivity index (χ4n) is 4.53. The maximum atomic E-state index is 14.8. The molecule has 202 valence electrons. The van der Waals surface area contributed by atoms with E-state index in [2.05, 4.69) is 22.0 Å². The van der Waals surface area contributed by atoms with E-state index in [-0.39, 0.29) is 61.0 Å². The average Bonchev–Trinajstić information content (AvgIpc) is 3.48. The van der Waals surface area contributed by atoms with Gasteiger partial charge < -0.3 is 19.9 Å². The van der Waals surface area contributed by atoms with Crippen molar-refractivity contribution in [3.05, 3.63) is 71.5 Å². The van der Waals surface area contributed by atoms with E-state index in [9.17, 15) is 22.8 Å². The van der Waals surface area contributed by atoms with Crippen molar-refractivity contribution in [2.24, 2.45) is 4.99 Å². The van der Waals surface area contributed by atoms with Crippen LogP contribution in [0.15, 0.2) is 53.7 Å². The highest BCUT2D eigenvalue weighted by atomic mass is 19.3. The van der Waals surface area contributed by atoms with Crippen LogP contribution in [0.1, 0.15) is 35.1 Å². The number of hydrogen-bond acceptors (Lipinski definition) is 5. The molecule has 2 aromatic rings. The Kier molecular flexibility index (Phi) is 7.88. The number of amidine groups is 1. The number of rotatable bonds is 6. The molecule has 0 radical (unpaired) electrons. The summed E-state index contributed by atoms with van der Waals surface area (Å²) in [6.07, 6.45) is 1.000. The van der Waals surface area contributed by atoms with Crippen molar-refractivity contribution >= 4 is 23.4 Å². The van der Waals surface area contributed by atoms with E-state index in [0.29, 0.717) is 12.2 Å². The molecule has 0 unspecified atom stereocenters. The smallest absolute Gasteiger partial charge is 0.358 e. The largest absolute Gasteiger partial charge is 0.461 e. The molecule has 0 atom stereocenters. The summed E-state index contributed by atoms with van der Waals surface area (Å²) < 4.78 is 49.6. The van der Waals surface area contributed by atoms with Gasteiger partial charge in [-0.3, -0.25) is 9.67 Å². The highest BCUT2D eigenvalue weighted by molar-refractivity contribution is 6.08. The first-order valence-electron chi connectivity index (χ1n) is 12.2. The molecule has 1 aromatic heterocycles. The van der Waals surface area contributed by atoms with Crippen LogP contribution in [0.3, 0.4) is 0 Å². The molecule has 2 aliphatic rings. The minimum absolute atomic E-state index is 0.0142. The SMILES string of the molecule is C=C/C(=C(/NC(=O)N1CCn2nc(C(=O)OCC)cc2C1)C(=NC)N1CCC(F)(F)C1)c1ccccc1F. The number of aliphatic imine (C=N–C) groups is 1. The van der Waals surface area contributed by atoms with Crippen LogP contribution in [0.5, 0.6) is 0 Å². The predicted octanol–water partition coefficient (Wildman–Crippen LogP) is 3.69. The van der Waals surface area contributed by atoms with Crippen molar-refractivity contribution in [3.8, 4) is 0 Å². The van der Waals surface area contributed by atoms with E-state index < -0.39 is 30.3 Å². The first-order chi connectivity index (χ1) is 18.2. The Morgan fingerprint density at radius 1 is 1.24 bits per heavy atom. The van der Waals surface area contributed by atoms with E-state index in [4.69, 9.17) is 4.74 Å². The molecule has 1 N–H and O–H groups in total. The second-order valence-electron chi connectivity index (χ2n) is 8.86. The minimum Gasteiger partial charge on any atom is -0.461 e. The lowest BCUT2D eigenvalue weighted by Crippen LogP contribution is -2.47. The van der Waals surface area contributed by atoms with Gasteiger partial charge >= 0.3 is 12.0 Å². The third-order valence-corrected chi connectivity index (χ3v) is 6.34. The van der Waals surface area contributed by atoms with Crippen LogP contribution in [0.2, 0.25) is 0 Å². The number of fused-ring (bicyclic) bond motifs is 1. The number of amides is 2. The molecule has 38 heavy (non-hydrogen) atoms. The molecule has 3 heterocycles. The highest BCUT2D eigenvalue weighted by Crippen LogP contribution is 2.30. The summed E-state index contributed by atoms with van der Waals surface area (Å²) in [4.78, 5) is 32.6. The van der Waals surface area contributed by atoms with Crippen LogP contribution >= 0.6 is 0 Å². The zero-order chi connectivity index (χ0) is 27.4. The maximum Gasteiger partial charge on any atom is 0.358 e. The van der Waals surface area contributed by atoms with Gasteiger partial charge in [0.05, 0.1) is 37.6 Å². The fraction of sp³-hybridized carbons (Fsp3) is 0.385. The van der Waals surface area contributed by atoms with Crippen molar-refractivity contribution in [1.29, 1.82) is 0 Å². The van der Waals surface area contributed by atoms with Crippen LogP contribution in [0, 0.1) is 5.82 Å². The van der Waals surface area contributed by atoms with Gasteiger partial charge in [0.2, 0.25) is 0 Å². The molecule has 0 bridgehead atoms. The van der Waals surface area contributed by atoms with Gasteiger partial charge in [0.1, 0.15) is 11.7 Å². The molecule has 9 nitrogen and oxygen atoms in total. The summed E-state index contributed by atoms with van der Waals surface area (Å²) in [5.41, 5.74) is 1.19. The van der Waals surface area contributed by atoms with Crippen LogP contribution in [-0.4, -0.2) is 76.6 Å². The zero-order valence-corrected chi connectivity index (χ0v) is 21.2. The van der Waals surface area contributed by atoms with E-state index in [1.807, 2.05) is 0 Å². The summed E-state index contributed by atoms with van der Waals surface area (Å²) in [7, 11) is 1.43. The van der Waals surface area contributed by atoms with Crippen molar-refractivity contribution in [3.63, 3.8) is 0 Å². The van der Waals surface area contributed by atoms with Gasteiger partial charge in [0, 0.05) is 37.7 Å². The first kappa shape index (κ1) is 27.0. The summed E-state index contributed by atoms with van der Waals surface area (Å²) in [5.74, 6) is -3.94. The lowest BCUT2D eigenvalue weighted by atomic mass is 10.0. The molecule has 4 rings (SSSR count). The number of hydrogen-bond donors (Lipinski definition) is 1. The molecule has 1 aromatic carbocycles. The van der Waals surface area contributed by atoms with Gasteiger partial charge in [-0.2, -0.15) is 5.10 Å². The number of ether oxygens (including phenoxy) is 1. The van der Waals surface area contributed by atoms with Gasteiger partial charge in [-0.25, -0.2) is 22.8 Å². The summed E-state index contributed by atoms with van der Waals surface area (Å²) >= 11 is 0. The Morgan fingerprint density at radius 2 is 2.00 bits per heavy atom. The topological polar surface area (TPSA) is 92.1 Å². The van der Waals surface area contributed by atoms with Crippen LogP contribution in [0.25, 0.3) is 5.57 Å². The number of benzene rings is 1. The Bertz CT molecular complexity index is 1300. The zero-order valence-electron chi connectivity index (χ0n) is 21.2. The lowest BCUT2D eigenvalue weighted by Gasteiger charge is -2.30. The number of alkyl halides is 2. The number of urea groups is 1. The monoisotopic (exact) mass is 530 g/mol. The van der Waals surface area contributed by atoms with E-state index >= 15 is 0 Å². The van der Waals surface area contributed by atoms with Crippen molar-refractivity contribution in [2.75, 3.05) is 33.3 Å². The number of nitrogens with zero attached hydrogens (tertiary/aromatic N) is 5. The summed E-state index contributed by atoms with van der Waals surface area (Å²) in [5, 5.41) is 7.03. The summed E-state index contributed by atoms with van der Waals surface area (Å²) in [6, 6.07) is 6.94. The molecule has 1 fully saturated rings. The standard InChI is InChI=1S/C26H29F3N6O3/c1-4-18(19-8-6-7-9-20(19)27)22(23(30-3)34-11-10-26(28,29)16-34)31-25(37)33-12-13-35-17(15-33)14-21(32-35)24(36)38-5-2/h4,6-9,14H,1,5,10-13,15-16H2,2-3H3,(H,31,37)/b22-18-,30-23?. The quantitative estimate of drug-likeness (QED) is 0.266. The molecule has 2 amide bonds. The number of nitrogens with one attached hydrogen (secondary N) is 1. The molecular formula is C26H29F3N6O3. The van der Waals surface area contributed by atoms with Gasteiger partial charge in [0.15, 0.2) is 5.69 Å². The minimum atomic E-state index is -2.92. The Hall–Kier alpha value is -4.09. The number of carbonyl (C=O) groups is 2. The predicted molar refractivity (Wildman–Crippen MR) is 135 cm³/mol.